The standard InChI is InChI=1S/C22H33N7O3.HI/c1-23-22(25-15-21-27-26-20-5-4-8-29(20)21)24-14-17(28-9-11-32-12-10-28)16-6-7-18(30-2)19(13-16)31-3;/h6-7,13,17H,4-5,8-12,14-15H2,1-3H3,(H2,23,24,25);1H. The van der Waals surface area contributed by atoms with Gasteiger partial charge in [0, 0.05) is 39.6 Å². The Kier molecular flexibility index (Phi) is 9.56. The zero-order chi connectivity index (χ0) is 22.3. The number of fused-ring (bicyclic) bond motifs is 1. The van der Waals surface area contributed by atoms with E-state index in [0.717, 1.165) is 80.4 Å². The van der Waals surface area contributed by atoms with E-state index in [1.54, 1.807) is 21.3 Å². The number of nitrogens with one attached hydrogen (secondary N) is 2. The fraction of sp³-hybridized carbons (Fsp3) is 0.591. The monoisotopic (exact) mass is 571 g/mol. The summed E-state index contributed by atoms with van der Waals surface area (Å²) in [5.41, 5.74) is 1.16. The molecule has 11 heteroatoms. The van der Waals surface area contributed by atoms with Crippen LogP contribution < -0.4 is 20.1 Å². The lowest BCUT2D eigenvalue weighted by molar-refractivity contribution is 0.0169. The first-order valence-electron chi connectivity index (χ1n) is 11.1. The number of methoxy groups -OCH3 is 2. The summed E-state index contributed by atoms with van der Waals surface area (Å²) >= 11 is 0. The number of rotatable bonds is 8. The molecule has 182 valence electrons. The maximum Gasteiger partial charge on any atom is 0.191 e. The third-order valence-corrected chi connectivity index (χ3v) is 6.07. The lowest BCUT2D eigenvalue weighted by Crippen LogP contribution is -2.46. The second kappa shape index (κ2) is 12.4. The van der Waals surface area contributed by atoms with Crippen LogP contribution in [-0.4, -0.2) is 79.7 Å². The van der Waals surface area contributed by atoms with Gasteiger partial charge in [-0.15, -0.1) is 34.2 Å². The summed E-state index contributed by atoms with van der Waals surface area (Å²) in [4.78, 5) is 6.83. The number of benzene rings is 1. The van der Waals surface area contributed by atoms with Crippen molar-refractivity contribution < 1.29 is 14.2 Å². The number of halogens is 1. The second-order valence-electron chi connectivity index (χ2n) is 7.87. The van der Waals surface area contributed by atoms with Crippen molar-refractivity contribution in [3.05, 3.63) is 35.4 Å². The number of morpholine rings is 1. The zero-order valence-corrected chi connectivity index (χ0v) is 21.9. The topological polar surface area (TPSA) is 98.1 Å². The predicted octanol–water partition coefficient (Wildman–Crippen LogP) is 1.60. The van der Waals surface area contributed by atoms with Gasteiger partial charge in [0.2, 0.25) is 0 Å². The van der Waals surface area contributed by atoms with Gasteiger partial charge in [-0.25, -0.2) is 0 Å². The van der Waals surface area contributed by atoms with Crippen molar-refractivity contribution in [1.82, 2.24) is 30.3 Å². The number of aliphatic imine (C=N–C) groups is 1. The maximum absolute atomic E-state index is 5.57. The second-order valence-corrected chi connectivity index (χ2v) is 7.87. The molecule has 1 saturated heterocycles. The summed E-state index contributed by atoms with van der Waals surface area (Å²) in [5, 5.41) is 15.5. The van der Waals surface area contributed by atoms with Crippen LogP contribution in [0.2, 0.25) is 0 Å². The maximum atomic E-state index is 5.57. The summed E-state index contributed by atoms with van der Waals surface area (Å²) in [6, 6.07) is 6.24. The van der Waals surface area contributed by atoms with Crippen molar-refractivity contribution in [2.75, 3.05) is 54.1 Å². The van der Waals surface area contributed by atoms with Gasteiger partial charge in [0.15, 0.2) is 23.3 Å². The Morgan fingerprint density at radius 1 is 1.12 bits per heavy atom. The molecule has 2 N–H and O–H groups in total. The number of hydrogen-bond acceptors (Lipinski definition) is 7. The summed E-state index contributed by atoms with van der Waals surface area (Å²) < 4.78 is 18.7. The van der Waals surface area contributed by atoms with E-state index in [1.807, 2.05) is 6.07 Å². The van der Waals surface area contributed by atoms with Gasteiger partial charge in [-0.2, -0.15) is 0 Å². The molecule has 1 fully saturated rings. The zero-order valence-electron chi connectivity index (χ0n) is 19.5. The lowest BCUT2D eigenvalue weighted by atomic mass is 10.0. The van der Waals surface area contributed by atoms with Gasteiger partial charge in [0.25, 0.3) is 0 Å². The molecule has 1 atom stereocenters. The Morgan fingerprint density at radius 2 is 1.91 bits per heavy atom. The molecule has 1 aromatic heterocycles. The molecule has 0 amide bonds. The van der Waals surface area contributed by atoms with Crippen LogP contribution in [0.3, 0.4) is 0 Å². The molecule has 3 heterocycles. The van der Waals surface area contributed by atoms with E-state index in [4.69, 9.17) is 14.2 Å². The minimum absolute atomic E-state index is 0. The van der Waals surface area contributed by atoms with Crippen molar-refractivity contribution in [2.45, 2.75) is 32.0 Å². The average molecular weight is 571 g/mol. The number of aryl methyl sites for hydroxylation is 1. The molecule has 0 bridgehead atoms. The number of aromatic nitrogens is 3. The van der Waals surface area contributed by atoms with Crippen molar-refractivity contribution in [2.24, 2.45) is 4.99 Å². The van der Waals surface area contributed by atoms with Gasteiger partial charge in [-0.3, -0.25) is 9.89 Å². The van der Waals surface area contributed by atoms with E-state index in [-0.39, 0.29) is 30.0 Å². The summed E-state index contributed by atoms with van der Waals surface area (Å²) in [6.45, 7) is 5.48. The minimum atomic E-state index is 0. The molecule has 0 radical (unpaired) electrons. The van der Waals surface area contributed by atoms with Crippen molar-refractivity contribution in [3.63, 3.8) is 0 Å². The highest BCUT2D eigenvalue weighted by Gasteiger charge is 2.24. The molecule has 0 saturated carbocycles. The predicted molar refractivity (Wildman–Crippen MR) is 137 cm³/mol. The van der Waals surface area contributed by atoms with Crippen LogP contribution in [0.4, 0.5) is 0 Å². The van der Waals surface area contributed by atoms with E-state index in [0.29, 0.717) is 13.1 Å². The Morgan fingerprint density at radius 3 is 2.64 bits per heavy atom. The molecular formula is C22H34IN7O3. The van der Waals surface area contributed by atoms with Gasteiger partial charge in [-0.1, -0.05) is 6.07 Å². The van der Waals surface area contributed by atoms with Crippen LogP contribution in [-0.2, 0) is 24.2 Å². The highest BCUT2D eigenvalue weighted by Crippen LogP contribution is 2.32. The number of ether oxygens (including phenoxy) is 3. The third-order valence-electron chi connectivity index (χ3n) is 6.07. The summed E-state index contributed by atoms with van der Waals surface area (Å²) in [5.74, 6) is 4.21. The first-order chi connectivity index (χ1) is 15.7. The molecular weight excluding hydrogens is 537 g/mol. The van der Waals surface area contributed by atoms with Crippen molar-refractivity contribution >= 4 is 29.9 Å². The smallest absolute Gasteiger partial charge is 0.191 e. The third kappa shape index (κ3) is 6.07. The molecule has 2 aromatic rings. The Hall–Kier alpha value is -2.12. The van der Waals surface area contributed by atoms with E-state index in [1.165, 1.54) is 0 Å². The van der Waals surface area contributed by atoms with Crippen LogP contribution in [0.15, 0.2) is 23.2 Å². The molecule has 1 unspecified atom stereocenters. The largest absolute Gasteiger partial charge is 0.493 e. The normalized spacial score (nSPS) is 17.1. The number of nitrogens with zero attached hydrogens (tertiary/aromatic N) is 5. The average Bonchev–Trinajstić information content (AvgIpc) is 3.46. The van der Waals surface area contributed by atoms with E-state index < -0.39 is 0 Å². The molecule has 10 nitrogen and oxygen atoms in total. The summed E-state index contributed by atoms with van der Waals surface area (Å²) in [6.07, 6.45) is 2.14. The SMILES string of the molecule is CN=C(NCc1nnc2n1CCC2)NCC(c1ccc(OC)c(OC)c1)N1CCOCC1.I. The Bertz CT molecular complexity index is 931. The lowest BCUT2D eigenvalue weighted by Gasteiger charge is -2.35. The van der Waals surface area contributed by atoms with E-state index >= 15 is 0 Å². The Balaban J connectivity index is 0.00000306. The molecule has 1 aromatic carbocycles. The number of hydrogen-bond donors (Lipinski definition) is 2. The van der Waals surface area contributed by atoms with Gasteiger partial charge < -0.3 is 29.4 Å². The van der Waals surface area contributed by atoms with Crippen LogP contribution >= 0.6 is 24.0 Å². The van der Waals surface area contributed by atoms with Gasteiger partial charge in [0.05, 0.1) is 40.0 Å². The summed E-state index contributed by atoms with van der Waals surface area (Å²) in [7, 11) is 5.10. The highest BCUT2D eigenvalue weighted by atomic mass is 127. The van der Waals surface area contributed by atoms with Crippen LogP contribution in [0.5, 0.6) is 11.5 Å². The van der Waals surface area contributed by atoms with E-state index in [2.05, 4.69) is 47.4 Å². The van der Waals surface area contributed by atoms with Crippen molar-refractivity contribution in [1.29, 1.82) is 0 Å². The molecule has 4 rings (SSSR count). The fourth-order valence-corrected chi connectivity index (χ4v) is 4.33. The molecule has 2 aliphatic heterocycles. The first kappa shape index (κ1) is 25.5. The van der Waals surface area contributed by atoms with Crippen LogP contribution in [0, 0.1) is 0 Å². The molecule has 0 spiro atoms. The van der Waals surface area contributed by atoms with Gasteiger partial charge in [0.1, 0.15) is 5.82 Å². The quantitative estimate of drug-likeness (QED) is 0.280. The van der Waals surface area contributed by atoms with Crippen molar-refractivity contribution in [3.8, 4) is 11.5 Å². The molecule has 0 aliphatic carbocycles. The highest BCUT2D eigenvalue weighted by molar-refractivity contribution is 14.0. The molecule has 2 aliphatic rings. The molecule has 33 heavy (non-hydrogen) atoms. The van der Waals surface area contributed by atoms with Gasteiger partial charge >= 0.3 is 0 Å². The van der Waals surface area contributed by atoms with Gasteiger partial charge in [-0.05, 0) is 24.1 Å². The number of guanidine groups is 1. The minimum Gasteiger partial charge on any atom is -0.493 e. The fourth-order valence-electron chi connectivity index (χ4n) is 4.33. The Labute approximate surface area is 212 Å². The van der Waals surface area contributed by atoms with Crippen LogP contribution in [0.25, 0.3) is 0 Å². The first-order valence-corrected chi connectivity index (χ1v) is 11.1. The van der Waals surface area contributed by atoms with Crippen LogP contribution in [0.1, 0.15) is 29.7 Å². The van der Waals surface area contributed by atoms with E-state index in [9.17, 15) is 0 Å².